The van der Waals surface area contributed by atoms with Crippen LogP contribution >= 0.6 is 0 Å². The number of hydrogen-bond acceptors (Lipinski definition) is 5. The molecule has 108 valence electrons. The van der Waals surface area contributed by atoms with E-state index in [1.54, 1.807) is 20.8 Å². The van der Waals surface area contributed by atoms with Crippen LogP contribution in [0.4, 0.5) is 5.69 Å². The van der Waals surface area contributed by atoms with Crippen molar-refractivity contribution in [3.8, 4) is 0 Å². The first kappa shape index (κ1) is 15.6. The number of rotatable bonds is 4. The van der Waals surface area contributed by atoms with E-state index in [0.29, 0.717) is 0 Å². The molecule has 0 saturated carbocycles. The molecule has 1 N–H and O–H groups in total. The van der Waals surface area contributed by atoms with Gasteiger partial charge in [0.05, 0.1) is 4.92 Å². The summed E-state index contributed by atoms with van der Waals surface area (Å²) in [5.74, 6) is -1.37. The molecular formula is C13H16N2O5. The summed E-state index contributed by atoms with van der Waals surface area (Å²) in [6.45, 7) is 4.88. The molecule has 0 spiro atoms. The van der Waals surface area contributed by atoms with Gasteiger partial charge in [-0.05, 0) is 26.8 Å². The van der Waals surface area contributed by atoms with Crippen LogP contribution in [-0.2, 0) is 9.53 Å². The number of hydrogen-bond donors (Lipinski definition) is 1. The van der Waals surface area contributed by atoms with Crippen molar-refractivity contribution in [2.45, 2.75) is 26.3 Å². The molecular weight excluding hydrogens is 264 g/mol. The Morgan fingerprint density at radius 2 is 1.90 bits per heavy atom. The van der Waals surface area contributed by atoms with Crippen molar-refractivity contribution in [1.82, 2.24) is 5.32 Å². The first-order chi connectivity index (χ1) is 9.20. The van der Waals surface area contributed by atoms with E-state index < -0.39 is 28.9 Å². The fraction of sp³-hybridized carbons (Fsp3) is 0.385. The van der Waals surface area contributed by atoms with E-state index in [9.17, 15) is 19.7 Å². The maximum atomic E-state index is 11.7. The molecule has 0 aliphatic rings. The zero-order chi connectivity index (χ0) is 15.3. The lowest BCUT2D eigenvalue weighted by Gasteiger charge is -2.20. The Balaban J connectivity index is 2.69. The molecule has 0 radical (unpaired) electrons. The average Bonchev–Trinajstić information content (AvgIpc) is 2.33. The van der Waals surface area contributed by atoms with E-state index in [1.807, 2.05) is 0 Å². The van der Waals surface area contributed by atoms with Crippen LogP contribution in [0.15, 0.2) is 24.3 Å². The highest BCUT2D eigenvalue weighted by Gasteiger charge is 2.22. The first-order valence-electron chi connectivity index (χ1n) is 5.92. The second kappa shape index (κ2) is 6.14. The van der Waals surface area contributed by atoms with Crippen molar-refractivity contribution < 1.29 is 19.2 Å². The molecule has 0 saturated heterocycles. The molecule has 1 aromatic carbocycles. The van der Waals surface area contributed by atoms with Crippen LogP contribution in [0.1, 0.15) is 31.1 Å². The zero-order valence-corrected chi connectivity index (χ0v) is 11.5. The summed E-state index contributed by atoms with van der Waals surface area (Å²) in [4.78, 5) is 33.3. The van der Waals surface area contributed by atoms with Gasteiger partial charge in [-0.1, -0.05) is 12.1 Å². The Kier molecular flexibility index (Phi) is 4.79. The minimum atomic E-state index is -0.902. The SMILES string of the molecule is CC(C)(C)NC(=O)COC(=O)c1ccccc1[N+](=O)[O-]. The molecule has 1 amide bonds. The van der Waals surface area contributed by atoms with Crippen LogP contribution in [0.2, 0.25) is 0 Å². The van der Waals surface area contributed by atoms with E-state index in [2.05, 4.69) is 5.32 Å². The van der Waals surface area contributed by atoms with Crippen LogP contribution in [0, 0.1) is 10.1 Å². The van der Waals surface area contributed by atoms with Crippen molar-refractivity contribution >= 4 is 17.6 Å². The van der Waals surface area contributed by atoms with Crippen molar-refractivity contribution in [1.29, 1.82) is 0 Å². The third-order valence-corrected chi connectivity index (χ3v) is 2.17. The van der Waals surface area contributed by atoms with Gasteiger partial charge in [-0.15, -0.1) is 0 Å². The van der Waals surface area contributed by atoms with Crippen molar-refractivity contribution in [3.63, 3.8) is 0 Å². The van der Waals surface area contributed by atoms with Gasteiger partial charge in [0.15, 0.2) is 6.61 Å². The molecule has 7 nitrogen and oxygen atoms in total. The Bertz CT molecular complexity index is 534. The summed E-state index contributed by atoms with van der Waals surface area (Å²) in [6.07, 6.45) is 0. The molecule has 0 aromatic heterocycles. The topological polar surface area (TPSA) is 98.5 Å². The minimum Gasteiger partial charge on any atom is -0.452 e. The molecule has 0 aliphatic heterocycles. The van der Waals surface area contributed by atoms with Gasteiger partial charge in [0, 0.05) is 11.6 Å². The number of para-hydroxylation sites is 1. The highest BCUT2D eigenvalue weighted by Crippen LogP contribution is 2.18. The van der Waals surface area contributed by atoms with Gasteiger partial charge < -0.3 is 10.1 Å². The normalized spacial score (nSPS) is 10.8. The predicted octanol–water partition coefficient (Wildman–Crippen LogP) is 1.67. The van der Waals surface area contributed by atoms with Crippen molar-refractivity contribution in [2.24, 2.45) is 0 Å². The number of ether oxygens (including phenoxy) is 1. The number of carbonyl (C=O) groups excluding carboxylic acids is 2. The largest absolute Gasteiger partial charge is 0.452 e. The van der Waals surface area contributed by atoms with Crippen LogP contribution in [0.3, 0.4) is 0 Å². The van der Waals surface area contributed by atoms with E-state index in [1.165, 1.54) is 24.3 Å². The fourth-order valence-electron chi connectivity index (χ4n) is 1.47. The number of nitrogens with one attached hydrogen (secondary N) is 1. The molecule has 20 heavy (non-hydrogen) atoms. The fourth-order valence-corrected chi connectivity index (χ4v) is 1.47. The molecule has 0 atom stereocenters. The summed E-state index contributed by atoms with van der Waals surface area (Å²) < 4.78 is 4.77. The number of esters is 1. The summed E-state index contributed by atoms with van der Waals surface area (Å²) in [6, 6.07) is 5.41. The number of carbonyl (C=O) groups is 2. The Hall–Kier alpha value is -2.44. The second-order valence-electron chi connectivity index (χ2n) is 5.15. The van der Waals surface area contributed by atoms with Gasteiger partial charge in [0.2, 0.25) is 0 Å². The average molecular weight is 280 g/mol. The molecule has 7 heteroatoms. The zero-order valence-electron chi connectivity index (χ0n) is 11.5. The summed E-state index contributed by atoms with van der Waals surface area (Å²) in [5, 5.41) is 13.4. The van der Waals surface area contributed by atoms with Gasteiger partial charge in [-0.3, -0.25) is 14.9 Å². The Morgan fingerprint density at radius 3 is 2.45 bits per heavy atom. The number of benzene rings is 1. The number of nitro benzene ring substituents is 1. The number of nitro groups is 1. The lowest BCUT2D eigenvalue weighted by molar-refractivity contribution is -0.385. The first-order valence-corrected chi connectivity index (χ1v) is 5.92. The van der Waals surface area contributed by atoms with Gasteiger partial charge in [0.1, 0.15) is 5.56 Å². The van der Waals surface area contributed by atoms with E-state index in [4.69, 9.17) is 4.74 Å². The highest BCUT2D eigenvalue weighted by atomic mass is 16.6. The van der Waals surface area contributed by atoms with Crippen LogP contribution in [0.5, 0.6) is 0 Å². The van der Waals surface area contributed by atoms with Crippen molar-refractivity contribution in [3.05, 3.63) is 39.9 Å². The highest BCUT2D eigenvalue weighted by molar-refractivity contribution is 5.95. The summed E-state index contributed by atoms with van der Waals surface area (Å²) in [5.41, 5.74) is -0.975. The number of nitrogens with zero attached hydrogens (tertiary/aromatic N) is 1. The Morgan fingerprint density at radius 1 is 1.30 bits per heavy atom. The lowest BCUT2D eigenvalue weighted by atomic mass is 10.1. The van der Waals surface area contributed by atoms with Gasteiger partial charge in [-0.2, -0.15) is 0 Å². The second-order valence-corrected chi connectivity index (χ2v) is 5.15. The van der Waals surface area contributed by atoms with Crippen LogP contribution < -0.4 is 5.32 Å². The third-order valence-electron chi connectivity index (χ3n) is 2.17. The van der Waals surface area contributed by atoms with Crippen molar-refractivity contribution in [2.75, 3.05) is 6.61 Å². The monoisotopic (exact) mass is 280 g/mol. The Labute approximate surface area is 116 Å². The third kappa shape index (κ3) is 4.68. The quantitative estimate of drug-likeness (QED) is 0.514. The van der Waals surface area contributed by atoms with Gasteiger partial charge in [0.25, 0.3) is 11.6 Å². The van der Waals surface area contributed by atoms with Gasteiger partial charge >= 0.3 is 5.97 Å². The van der Waals surface area contributed by atoms with E-state index in [0.717, 1.165) is 0 Å². The minimum absolute atomic E-state index is 0.180. The molecule has 0 unspecified atom stereocenters. The van der Waals surface area contributed by atoms with Crippen LogP contribution in [0.25, 0.3) is 0 Å². The maximum Gasteiger partial charge on any atom is 0.345 e. The molecule has 1 rings (SSSR count). The van der Waals surface area contributed by atoms with Gasteiger partial charge in [-0.25, -0.2) is 4.79 Å². The number of amides is 1. The van der Waals surface area contributed by atoms with E-state index >= 15 is 0 Å². The lowest BCUT2D eigenvalue weighted by Crippen LogP contribution is -2.42. The predicted molar refractivity (Wildman–Crippen MR) is 71.3 cm³/mol. The molecule has 0 heterocycles. The standard InChI is InChI=1S/C13H16N2O5/c1-13(2,3)14-11(16)8-20-12(17)9-6-4-5-7-10(9)15(18)19/h4-7H,8H2,1-3H3,(H,14,16). The molecule has 0 fully saturated rings. The summed E-state index contributed by atoms with van der Waals surface area (Å²) >= 11 is 0. The molecule has 0 bridgehead atoms. The maximum absolute atomic E-state index is 11.7. The van der Waals surface area contributed by atoms with Crippen LogP contribution in [-0.4, -0.2) is 28.9 Å². The molecule has 1 aromatic rings. The summed E-state index contributed by atoms with van der Waals surface area (Å²) in [7, 11) is 0. The van der Waals surface area contributed by atoms with E-state index in [-0.39, 0.29) is 11.3 Å². The smallest absolute Gasteiger partial charge is 0.345 e. The molecule has 0 aliphatic carbocycles.